The molecule has 98 valence electrons. The number of esters is 1. The molecule has 1 aliphatic rings. The molecule has 0 aromatic heterocycles. The number of carbonyl (C=O) groups excluding carboxylic acids is 1. The Morgan fingerprint density at radius 3 is 2.94 bits per heavy atom. The lowest BCUT2D eigenvalue weighted by molar-refractivity contribution is -0.141. The SMILES string of the molecule is COc1c(CCCOC(C)=O)ccc2c1OCO2. The zero-order valence-corrected chi connectivity index (χ0v) is 10.5. The molecule has 5 nitrogen and oxygen atoms in total. The highest BCUT2D eigenvalue weighted by molar-refractivity contribution is 5.65. The Balaban J connectivity index is 2.02. The van der Waals surface area contributed by atoms with Gasteiger partial charge in [0, 0.05) is 6.92 Å². The number of hydrogen-bond acceptors (Lipinski definition) is 5. The second-order valence-corrected chi connectivity index (χ2v) is 3.94. The first-order chi connectivity index (χ1) is 8.72. The highest BCUT2D eigenvalue weighted by atomic mass is 16.7. The molecule has 0 radical (unpaired) electrons. The van der Waals surface area contributed by atoms with Gasteiger partial charge in [0.15, 0.2) is 11.5 Å². The van der Waals surface area contributed by atoms with Crippen LogP contribution in [0.15, 0.2) is 12.1 Å². The summed E-state index contributed by atoms with van der Waals surface area (Å²) in [6.45, 7) is 2.04. The van der Waals surface area contributed by atoms with Gasteiger partial charge in [0.05, 0.1) is 13.7 Å². The molecule has 0 saturated carbocycles. The van der Waals surface area contributed by atoms with E-state index in [0.717, 1.165) is 18.4 Å². The molecule has 0 atom stereocenters. The molecule has 0 bridgehead atoms. The van der Waals surface area contributed by atoms with Crippen LogP contribution in [0.2, 0.25) is 0 Å². The summed E-state index contributed by atoms with van der Waals surface area (Å²) >= 11 is 0. The Morgan fingerprint density at radius 1 is 1.39 bits per heavy atom. The molecule has 1 aromatic carbocycles. The Hall–Kier alpha value is -1.91. The van der Waals surface area contributed by atoms with E-state index in [1.54, 1.807) is 7.11 Å². The maximum Gasteiger partial charge on any atom is 0.302 e. The number of rotatable bonds is 5. The van der Waals surface area contributed by atoms with Crippen LogP contribution in [0.4, 0.5) is 0 Å². The predicted octanol–water partition coefficient (Wildman–Crippen LogP) is 1.92. The van der Waals surface area contributed by atoms with Gasteiger partial charge in [-0.3, -0.25) is 4.79 Å². The van der Waals surface area contributed by atoms with Crippen molar-refractivity contribution in [3.05, 3.63) is 17.7 Å². The molecule has 0 fully saturated rings. The van der Waals surface area contributed by atoms with Crippen LogP contribution in [0.3, 0.4) is 0 Å². The van der Waals surface area contributed by atoms with E-state index in [1.807, 2.05) is 12.1 Å². The zero-order valence-electron chi connectivity index (χ0n) is 10.5. The largest absolute Gasteiger partial charge is 0.492 e. The summed E-state index contributed by atoms with van der Waals surface area (Å²) in [4.78, 5) is 10.6. The quantitative estimate of drug-likeness (QED) is 0.592. The molecular weight excluding hydrogens is 236 g/mol. The zero-order chi connectivity index (χ0) is 13.0. The van der Waals surface area contributed by atoms with Crippen molar-refractivity contribution < 1.29 is 23.7 Å². The van der Waals surface area contributed by atoms with Gasteiger partial charge in [-0.1, -0.05) is 6.07 Å². The van der Waals surface area contributed by atoms with E-state index in [4.69, 9.17) is 18.9 Å². The van der Waals surface area contributed by atoms with Gasteiger partial charge >= 0.3 is 5.97 Å². The summed E-state index contributed by atoms with van der Waals surface area (Å²) < 4.78 is 20.9. The smallest absolute Gasteiger partial charge is 0.302 e. The van der Waals surface area contributed by atoms with Crippen LogP contribution in [0.1, 0.15) is 18.9 Å². The van der Waals surface area contributed by atoms with Crippen molar-refractivity contribution >= 4 is 5.97 Å². The Kier molecular flexibility index (Phi) is 3.92. The van der Waals surface area contributed by atoms with Crippen molar-refractivity contribution in [1.82, 2.24) is 0 Å². The van der Waals surface area contributed by atoms with Crippen LogP contribution >= 0.6 is 0 Å². The molecular formula is C13H16O5. The van der Waals surface area contributed by atoms with Crippen molar-refractivity contribution in [3.63, 3.8) is 0 Å². The van der Waals surface area contributed by atoms with Gasteiger partial charge in [0.25, 0.3) is 0 Å². The lowest BCUT2D eigenvalue weighted by atomic mass is 10.1. The standard InChI is InChI=1S/C13H16O5/c1-9(14)16-7-3-4-10-5-6-11-13(12(10)15-2)18-8-17-11/h5-6H,3-4,7-8H2,1-2H3. The minimum absolute atomic E-state index is 0.225. The Bertz CT molecular complexity index is 441. The molecule has 1 heterocycles. The highest BCUT2D eigenvalue weighted by Crippen LogP contribution is 2.43. The van der Waals surface area contributed by atoms with E-state index in [1.165, 1.54) is 6.92 Å². The maximum absolute atomic E-state index is 10.6. The molecule has 18 heavy (non-hydrogen) atoms. The third-order valence-electron chi connectivity index (χ3n) is 2.68. The molecule has 0 aliphatic carbocycles. The number of ether oxygens (including phenoxy) is 4. The average molecular weight is 252 g/mol. The van der Waals surface area contributed by atoms with Crippen molar-refractivity contribution in [1.29, 1.82) is 0 Å². The first-order valence-electron chi connectivity index (χ1n) is 5.81. The minimum atomic E-state index is -0.257. The highest BCUT2D eigenvalue weighted by Gasteiger charge is 2.21. The van der Waals surface area contributed by atoms with Gasteiger partial charge in [-0.05, 0) is 24.5 Å². The van der Waals surface area contributed by atoms with Crippen LogP contribution < -0.4 is 14.2 Å². The van der Waals surface area contributed by atoms with E-state index in [-0.39, 0.29) is 12.8 Å². The fourth-order valence-electron chi connectivity index (χ4n) is 1.89. The van der Waals surface area contributed by atoms with Gasteiger partial charge in [0.1, 0.15) is 0 Å². The van der Waals surface area contributed by atoms with Gasteiger partial charge in [-0.2, -0.15) is 0 Å². The van der Waals surface area contributed by atoms with E-state index in [2.05, 4.69) is 0 Å². The van der Waals surface area contributed by atoms with Crippen molar-refractivity contribution in [3.8, 4) is 17.2 Å². The molecule has 1 aromatic rings. The first kappa shape index (κ1) is 12.5. The predicted molar refractivity (Wildman–Crippen MR) is 64.1 cm³/mol. The van der Waals surface area contributed by atoms with Crippen LogP contribution in [0.25, 0.3) is 0 Å². The molecule has 0 spiro atoms. The van der Waals surface area contributed by atoms with Gasteiger partial charge in [-0.25, -0.2) is 0 Å². The van der Waals surface area contributed by atoms with E-state index < -0.39 is 0 Å². The number of aryl methyl sites for hydroxylation is 1. The fourth-order valence-corrected chi connectivity index (χ4v) is 1.89. The van der Waals surface area contributed by atoms with E-state index in [9.17, 15) is 4.79 Å². The molecule has 2 rings (SSSR count). The molecule has 0 unspecified atom stereocenters. The summed E-state index contributed by atoms with van der Waals surface area (Å²) in [5, 5.41) is 0. The maximum atomic E-state index is 10.6. The third kappa shape index (κ3) is 2.67. The summed E-state index contributed by atoms with van der Waals surface area (Å²) in [5.41, 5.74) is 1.02. The lowest BCUT2D eigenvalue weighted by Crippen LogP contribution is -2.02. The molecule has 5 heteroatoms. The normalized spacial score (nSPS) is 12.3. The molecule has 0 N–H and O–H groups in total. The fraction of sp³-hybridized carbons (Fsp3) is 0.462. The summed E-state index contributed by atoms with van der Waals surface area (Å²) in [6, 6.07) is 3.81. The van der Waals surface area contributed by atoms with Crippen molar-refractivity contribution in [2.75, 3.05) is 20.5 Å². The topological polar surface area (TPSA) is 54.0 Å². The number of carbonyl (C=O) groups is 1. The molecule has 0 amide bonds. The number of fused-ring (bicyclic) bond motifs is 1. The second kappa shape index (κ2) is 5.62. The van der Waals surface area contributed by atoms with E-state index in [0.29, 0.717) is 23.9 Å². The average Bonchev–Trinajstić information content (AvgIpc) is 2.82. The van der Waals surface area contributed by atoms with Crippen molar-refractivity contribution in [2.45, 2.75) is 19.8 Å². The van der Waals surface area contributed by atoms with Gasteiger partial charge in [-0.15, -0.1) is 0 Å². The third-order valence-corrected chi connectivity index (χ3v) is 2.68. The van der Waals surface area contributed by atoms with Crippen LogP contribution in [0, 0.1) is 0 Å². The number of hydrogen-bond donors (Lipinski definition) is 0. The van der Waals surface area contributed by atoms with Crippen LogP contribution in [-0.2, 0) is 16.0 Å². The Morgan fingerprint density at radius 2 is 2.22 bits per heavy atom. The Labute approximate surface area is 106 Å². The van der Waals surface area contributed by atoms with Gasteiger partial charge < -0.3 is 18.9 Å². The monoisotopic (exact) mass is 252 g/mol. The minimum Gasteiger partial charge on any atom is -0.492 e. The number of benzene rings is 1. The van der Waals surface area contributed by atoms with Gasteiger partial charge in [0.2, 0.25) is 12.5 Å². The summed E-state index contributed by atoms with van der Waals surface area (Å²) in [6.07, 6.45) is 1.50. The molecule has 1 aliphatic heterocycles. The van der Waals surface area contributed by atoms with E-state index >= 15 is 0 Å². The summed E-state index contributed by atoms with van der Waals surface area (Å²) in [7, 11) is 1.60. The van der Waals surface area contributed by atoms with Crippen molar-refractivity contribution in [2.24, 2.45) is 0 Å². The number of methoxy groups -OCH3 is 1. The lowest BCUT2D eigenvalue weighted by Gasteiger charge is -2.10. The van der Waals surface area contributed by atoms with Crippen LogP contribution in [-0.4, -0.2) is 26.5 Å². The summed E-state index contributed by atoms with van der Waals surface area (Å²) in [5.74, 6) is 1.80. The second-order valence-electron chi connectivity index (χ2n) is 3.94. The first-order valence-corrected chi connectivity index (χ1v) is 5.81. The van der Waals surface area contributed by atoms with Crippen LogP contribution in [0.5, 0.6) is 17.2 Å². The molecule has 0 saturated heterocycles.